The third kappa shape index (κ3) is 5.24. The van der Waals surface area contributed by atoms with E-state index in [1.54, 1.807) is 6.92 Å². The van der Waals surface area contributed by atoms with Crippen molar-refractivity contribution in [1.29, 1.82) is 0 Å². The van der Waals surface area contributed by atoms with Crippen molar-refractivity contribution in [3.8, 4) is 0 Å². The van der Waals surface area contributed by atoms with E-state index >= 15 is 0 Å². The molecule has 0 amide bonds. The maximum atomic E-state index is 10.8. The van der Waals surface area contributed by atoms with Gasteiger partial charge in [-0.2, -0.15) is 0 Å². The second kappa shape index (κ2) is 6.67. The molecule has 0 saturated heterocycles. The van der Waals surface area contributed by atoms with Crippen molar-refractivity contribution in [2.45, 2.75) is 43.5 Å². The van der Waals surface area contributed by atoms with Crippen LogP contribution in [0.2, 0.25) is 0 Å². The molecule has 0 fully saturated rings. The molecule has 1 unspecified atom stereocenters. The molecule has 0 radical (unpaired) electrons. The number of nitrogens with one attached hydrogen (secondary N) is 1. The first-order chi connectivity index (χ1) is 7.99. The van der Waals surface area contributed by atoms with Gasteiger partial charge in [0.1, 0.15) is 5.25 Å². The summed E-state index contributed by atoms with van der Waals surface area (Å²) in [6, 6.07) is 8.45. The molecule has 2 N–H and O–H groups in total. The lowest BCUT2D eigenvalue weighted by atomic mass is 10.2. The zero-order valence-electron chi connectivity index (χ0n) is 10.4. The lowest BCUT2D eigenvalue weighted by Crippen LogP contribution is -2.21. The van der Waals surface area contributed by atoms with E-state index in [0.29, 0.717) is 6.04 Å². The van der Waals surface area contributed by atoms with E-state index in [0.717, 1.165) is 11.4 Å². The van der Waals surface area contributed by atoms with Crippen molar-refractivity contribution in [1.82, 2.24) is 5.32 Å². The van der Waals surface area contributed by atoms with Crippen molar-refractivity contribution < 1.29 is 9.90 Å². The highest BCUT2D eigenvalue weighted by Gasteiger charge is 2.12. The average Bonchev–Trinajstić information content (AvgIpc) is 2.26. The summed E-state index contributed by atoms with van der Waals surface area (Å²) in [4.78, 5) is 11.8. The fourth-order valence-corrected chi connectivity index (χ4v) is 2.19. The molecule has 0 aromatic heterocycles. The molecule has 0 aliphatic carbocycles. The topological polar surface area (TPSA) is 49.3 Å². The third-order valence-corrected chi connectivity index (χ3v) is 3.35. The van der Waals surface area contributed by atoms with Gasteiger partial charge in [-0.1, -0.05) is 26.0 Å². The highest BCUT2D eigenvalue weighted by atomic mass is 32.2. The van der Waals surface area contributed by atoms with Crippen LogP contribution in [0.15, 0.2) is 29.2 Å². The third-order valence-electron chi connectivity index (χ3n) is 2.27. The van der Waals surface area contributed by atoms with E-state index in [1.165, 1.54) is 17.3 Å². The SMILES string of the molecule is CC(C)NCc1cccc(SC(C)C(=O)O)c1. The van der Waals surface area contributed by atoms with E-state index < -0.39 is 11.2 Å². The van der Waals surface area contributed by atoms with Crippen LogP contribution in [0, 0.1) is 0 Å². The largest absolute Gasteiger partial charge is 0.480 e. The Hall–Kier alpha value is -1.00. The Kier molecular flexibility index (Phi) is 5.51. The fraction of sp³-hybridized carbons (Fsp3) is 0.462. The molecule has 0 spiro atoms. The van der Waals surface area contributed by atoms with Crippen LogP contribution in [0.25, 0.3) is 0 Å². The summed E-state index contributed by atoms with van der Waals surface area (Å²) < 4.78 is 0. The minimum atomic E-state index is -0.777. The van der Waals surface area contributed by atoms with Gasteiger partial charge in [0.25, 0.3) is 0 Å². The quantitative estimate of drug-likeness (QED) is 0.765. The fourth-order valence-electron chi connectivity index (χ4n) is 1.31. The van der Waals surface area contributed by atoms with E-state index in [-0.39, 0.29) is 0 Å². The van der Waals surface area contributed by atoms with Crippen molar-refractivity contribution in [2.24, 2.45) is 0 Å². The summed E-state index contributed by atoms with van der Waals surface area (Å²) in [7, 11) is 0. The number of benzene rings is 1. The Morgan fingerprint density at radius 1 is 1.41 bits per heavy atom. The van der Waals surface area contributed by atoms with E-state index in [4.69, 9.17) is 5.11 Å². The first-order valence-electron chi connectivity index (χ1n) is 5.71. The van der Waals surface area contributed by atoms with E-state index in [2.05, 4.69) is 19.2 Å². The number of thioether (sulfide) groups is 1. The van der Waals surface area contributed by atoms with E-state index in [1.807, 2.05) is 24.3 Å². The highest BCUT2D eigenvalue weighted by molar-refractivity contribution is 8.00. The molecule has 0 aliphatic rings. The molecule has 17 heavy (non-hydrogen) atoms. The monoisotopic (exact) mass is 253 g/mol. The Morgan fingerprint density at radius 2 is 2.12 bits per heavy atom. The lowest BCUT2D eigenvalue weighted by Gasteiger charge is -2.10. The molecule has 0 aliphatic heterocycles. The molecule has 1 atom stereocenters. The maximum absolute atomic E-state index is 10.8. The second-order valence-corrected chi connectivity index (χ2v) is 5.70. The molecule has 4 heteroatoms. The average molecular weight is 253 g/mol. The minimum Gasteiger partial charge on any atom is -0.480 e. The number of hydrogen-bond donors (Lipinski definition) is 2. The van der Waals surface area contributed by atoms with Gasteiger partial charge in [0.15, 0.2) is 0 Å². The van der Waals surface area contributed by atoms with Crippen LogP contribution in [0.5, 0.6) is 0 Å². The number of carboxylic acid groups (broad SMARTS) is 1. The van der Waals surface area contributed by atoms with Crippen LogP contribution < -0.4 is 5.32 Å². The molecule has 0 saturated carbocycles. The molecular formula is C13H19NO2S. The van der Waals surface area contributed by atoms with Crippen molar-refractivity contribution >= 4 is 17.7 Å². The van der Waals surface area contributed by atoms with Gasteiger partial charge in [-0.05, 0) is 24.6 Å². The van der Waals surface area contributed by atoms with Crippen LogP contribution in [-0.4, -0.2) is 22.4 Å². The van der Waals surface area contributed by atoms with Gasteiger partial charge in [-0.25, -0.2) is 0 Å². The van der Waals surface area contributed by atoms with E-state index in [9.17, 15) is 4.79 Å². The molecule has 0 heterocycles. The number of hydrogen-bond acceptors (Lipinski definition) is 3. The standard InChI is InChI=1S/C13H19NO2S/c1-9(2)14-8-11-5-4-6-12(7-11)17-10(3)13(15)16/h4-7,9-10,14H,8H2,1-3H3,(H,15,16). The Bertz CT molecular complexity index is 379. The summed E-state index contributed by atoms with van der Waals surface area (Å²) in [5.74, 6) is -0.777. The summed E-state index contributed by atoms with van der Waals surface area (Å²) in [6.45, 7) is 6.72. The number of carboxylic acids is 1. The second-order valence-electron chi connectivity index (χ2n) is 4.28. The summed E-state index contributed by atoms with van der Waals surface area (Å²) in [6.07, 6.45) is 0. The maximum Gasteiger partial charge on any atom is 0.316 e. The van der Waals surface area contributed by atoms with Gasteiger partial charge in [-0.15, -0.1) is 11.8 Å². The van der Waals surface area contributed by atoms with Crippen LogP contribution >= 0.6 is 11.8 Å². The molecule has 1 aromatic carbocycles. The van der Waals surface area contributed by atoms with Crippen molar-refractivity contribution in [2.75, 3.05) is 0 Å². The van der Waals surface area contributed by atoms with Crippen LogP contribution in [0.4, 0.5) is 0 Å². The van der Waals surface area contributed by atoms with Gasteiger partial charge >= 0.3 is 5.97 Å². The molecule has 0 bridgehead atoms. The van der Waals surface area contributed by atoms with Gasteiger partial charge in [0, 0.05) is 17.5 Å². The first kappa shape index (κ1) is 14.1. The van der Waals surface area contributed by atoms with Gasteiger partial charge in [0.2, 0.25) is 0 Å². The number of rotatable bonds is 6. The molecule has 1 rings (SSSR count). The Morgan fingerprint density at radius 3 is 2.71 bits per heavy atom. The normalized spacial score (nSPS) is 12.7. The van der Waals surface area contributed by atoms with Gasteiger partial charge in [-0.3, -0.25) is 4.79 Å². The van der Waals surface area contributed by atoms with Crippen molar-refractivity contribution in [3.63, 3.8) is 0 Å². The molecule has 94 valence electrons. The number of aliphatic carboxylic acids is 1. The Labute approximate surface area is 107 Å². The summed E-state index contributed by atoms with van der Waals surface area (Å²) in [5, 5.41) is 11.8. The zero-order chi connectivity index (χ0) is 12.8. The predicted octanol–water partition coefficient (Wildman–Crippen LogP) is 2.75. The highest BCUT2D eigenvalue weighted by Crippen LogP contribution is 2.24. The lowest BCUT2D eigenvalue weighted by molar-refractivity contribution is -0.136. The van der Waals surface area contributed by atoms with Crippen LogP contribution in [0.3, 0.4) is 0 Å². The first-order valence-corrected chi connectivity index (χ1v) is 6.59. The minimum absolute atomic E-state index is 0.414. The zero-order valence-corrected chi connectivity index (χ0v) is 11.3. The summed E-state index contributed by atoms with van der Waals surface area (Å²) in [5.41, 5.74) is 1.18. The Balaban J connectivity index is 2.62. The van der Waals surface area contributed by atoms with Gasteiger partial charge < -0.3 is 10.4 Å². The molecule has 3 nitrogen and oxygen atoms in total. The summed E-state index contributed by atoms with van der Waals surface area (Å²) >= 11 is 1.37. The number of carbonyl (C=O) groups is 1. The van der Waals surface area contributed by atoms with Crippen molar-refractivity contribution in [3.05, 3.63) is 29.8 Å². The smallest absolute Gasteiger partial charge is 0.316 e. The molecular weight excluding hydrogens is 234 g/mol. The van der Waals surface area contributed by atoms with Gasteiger partial charge in [0.05, 0.1) is 0 Å². The van der Waals surface area contributed by atoms with Crippen LogP contribution in [-0.2, 0) is 11.3 Å². The predicted molar refractivity (Wildman–Crippen MR) is 71.4 cm³/mol. The molecule has 1 aromatic rings. The van der Waals surface area contributed by atoms with Crippen LogP contribution in [0.1, 0.15) is 26.3 Å².